The average molecular weight is 441 g/mol. The summed E-state index contributed by atoms with van der Waals surface area (Å²) < 4.78 is 5.38. The first-order valence-electron chi connectivity index (χ1n) is 9.76. The number of carbonyl (C=O) groups excluding carboxylic acids is 2. The highest BCUT2D eigenvalue weighted by Crippen LogP contribution is 2.21. The van der Waals surface area contributed by atoms with Crippen molar-refractivity contribution in [1.82, 2.24) is 15.1 Å². The number of nitrogens with one attached hydrogen (secondary N) is 2. The molecule has 0 unspecified atom stereocenters. The molecule has 0 spiro atoms. The van der Waals surface area contributed by atoms with Crippen molar-refractivity contribution in [1.29, 1.82) is 0 Å². The van der Waals surface area contributed by atoms with E-state index < -0.39 is 5.91 Å². The molecule has 3 aromatic rings. The maximum atomic E-state index is 12.4. The standard InChI is InChI=1S/C21H21ClN6O3/c1-14(29)27-10-12-28(13-11-27)18-8-6-16(7-9-18)23-19(30)20-25-26-21(31-20)24-17-4-2-15(22)3-5-17/h2-9H,10-13H2,1H3,(H,23,30)(H,24,26). The number of aromatic nitrogens is 2. The van der Waals surface area contributed by atoms with Crippen LogP contribution in [0.1, 0.15) is 17.6 Å². The van der Waals surface area contributed by atoms with Crippen molar-refractivity contribution in [2.24, 2.45) is 0 Å². The Hall–Kier alpha value is -3.59. The fraction of sp³-hybridized carbons (Fsp3) is 0.238. The van der Waals surface area contributed by atoms with Gasteiger partial charge in [0.15, 0.2) is 0 Å². The van der Waals surface area contributed by atoms with Gasteiger partial charge in [0, 0.05) is 55.2 Å². The summed E-state index contributed by atoms with van der Waals surface area (Å²) in [6.07, 6.45) is 0. The maximum absolute atomic E-state index is 12.4. The molecule has 1 aromatic heterocycles. The molecule has 1 fully saturated rings. The monoisotopic (exact) mass is 440 g/mol. The molecule has 0 aliphatic carbocycles. The van der Waals surface area contributed by atoms with Gasteiger partial charge in [0.25, 0.3) is 0 Å². The number of hydrogen-bond acceptors (Lipinski definition) is 7. The number of piperazine rings is 1. The zero-order chi connectivity index (χ0) is 21.8. The van der Waals surface area contributed by atoms with Crippen LogP contribution >= 0.6 is 11.6 Å². The van der Waals surface area contributed by atoms with E-state index in [9.17, 15) is 9.59 Å². The number of halogens is 1. The van der Waals surface area contributed by atoms with E-state index in [1.165, 1.54) is 0 Å². The zero-order valence-corrected chi connectivity index (χ0v) is 17.6. The first kappa shape index (κ1) is 20.7. The largest absolute Gasteiger partial charge is 0.399 e. The van der Waals surface area contributed by atoms with Gasteiger partial charge in [0.05, 0.1) is 0 Å². The lowest BCUT2D eigenvalue weighted by molar-refractivity contribution is -0.129. The molecule has 2 N–H and O–H groups in total. The third-order valence-corrected chi connectivity index (χ3v) is 5.18. The molecule has 0 radical (unpaired) electrons. The van der Waals surface area contributed by atoms with Crippen LogP contribution in [-0.2, 0) is 4.79 Å². The van der Waals surface area contributed by atoms with E-state index >= 15 is 0 Å². The van der Waals surface area contributed by atoms with E-state index in [1.54, 1.807) is 31.2 Å². The zero-order valence-electron chi connectivity index (χ0n) is 16.8. The minimum atomic E-state index is -0.500. The van der Waals surface area contributed by atoms with Gasteiger partial charge in [0.1, 0.15) is 0 Å². The van der Waals surface area contributed by atoms with E-state index in [4.69, 9.17) is 16.0 Å². The molecule has 0 bridgehead atoms. The Kier molecular flexibility index (Phi) is 6.03. The van der Waals surface area contributed by atoms with Crippen molar-refractivity contribution in [3.63, 3.8) is 0 Å². The van der Waals surface area contributed by atoms with Gasteiger partial charge < -0.3 is 24.9 Å². The molecule has 31 heavy (non-hydrogen) atoms. The third-order valence-electron chi connectivity index (χ3n) is 4.93. The van der Waals surface area contributed by atoms with Crippen LogP contribution in [0.5, 0.6) is 0 Å². The van der Waals surface area contributed by atoms with E-state index in [0.717, 1.165) is 18.8 Å². The second kappa shape index (κ2) is 9.05. The molecule has 1 aliphatic rings. The highest BCUT2D eigenvalue weighted by atomic mass is 35.5. The van der Waals surface area contributed by atoms with Crippen molar-refractivity contribution in [3.05, 3.63) is 59.4 Å². The summed E-state index contributed by atoms with van der Waals surface area (Å²) in [6.45, 7) is 4.55. The van der Waals surface area contributed by atoms with Crippen LogP contribution < -0.4 is 15.5 Å². The Morgan fingerprint density at radius 1 is 0.935 bits per heavy atom. The SMILES string of the molecule is CC(=O)N1CCN(c2ccc(NC(=O)c3nnc(Nc4ccc(Cl)cc4)o3)cc2)CC1. The summed E-state index contributed by atoms with van der Waals surface area (Å²) >= 11 is 5.86. The molecular weight excluding hydrogens is 420 g/mol. The van der Waals surface area contributed by atoms with Gasteiger partial charge in [-0.05, 0) is 48.5 Å². The quantitative estimate of drug-likeness (QED) is 0.626. The second-order valence-electron chi connectivity index (χ2n) is 7.04. The van der Waals surface area contributed by atoms with E-state index in [-0.39, 0.29) is 17.8 Å². The lowest BCUT2D eigenvalue weighted by atomic mass is 10.2. The van der Waals surface area contributed by atoms with Crippen molar-refractivity contribution in [3.8, 4) is 0 Å². The van der Waals surface area contributed by atoms with E-state index in [2.05, 4.69) is 25.7 Å². The number of rotatable bonds is 5. The summed E-state index contributed by atoms with van der Waals surface area (Å²) in [5, 5.41) is 13.9. The average Bonchev–Trinajstić information content (AvgIpc) is 3.25. The minimum Gasteiger partial charge on any atom is -0.399 e. The normalized spacial score (nSPS) is 13.7. The Balaban J connectivity index is 1.33. The van der Waals surface area contributed by atoms with Crippen LogP contribution in [0.3, 0.4) is 0 Å². The molecule has 1 aliphatic heterocycles. The first-order valence-corrected chi connectivity index (χ1v) is 10.1. The number of benzene rings is 2. The second-order valence-corrected chi connectivity index (χ2v) is 7.47. The number of amides is 2. The lowest BCUT2D eigenvalue weighted by Crippen LogP contribution is -2.48. The van der Waals surface area contributed by atoms with E-state index in [0.29, 0.717) is 29.5 Å². The number of hydrogen-bond donors (Lipinski definition) is 2. The summed E-state index contributed by atoms with van der Waals surface area (Å²) in [5.74, 6) is -0.550. The predicted octanol–water partition coefficient (Wildman–Crippen LogP) is 3.39. The summed E-state index contributed by atoms with van der Waals surface area (Å²) in [4.78, 5) is 27.9. The van der Waals surface area contributed by atoms with Gasteiger partial charge in [-0.1, -0.05) is 16.7 Å². The van der Waals surface area contributed by atoms with Gasteiger partial charge in [-0.2, -0.15) is 0 Å². The van der Waals surface area contributed by atoms with Crippen LogP contribution in [0, 0.1) is 0 Å². The van der Waals surface area contributed by atoms with Gasteiger partial charge in [0.2, 0.25) is 5.91 Å². The fourth-order valence-corrected chi connectivity index (χ4v) is 3.37. The summed E-state index contributed by atoms with van der Waals surface area (Å²) in [7, 11) is 0. The molecular formula is C21H21ClN6O3. The Bertz CT molecular complexity index is 1060. The van der Waals surface area contributed by atoms with Crippen LogP contribution in [0.25, 0.3) is 0 Å². The Labute approximate surface area is 184 Å². The van der Waals surface area contributed by atoms with Crippen LogP contribution in [0.2, 0.25) is 5.02 Å². The van der Waals surface area contributed by atoms with Crippen molar-refractivity contribution in [2.45, 2.75) is 6.92 Å². The Morgan fingerprint density at radius 2 is 1.58 bits per heavy atom. The summed E-state index contributed by atoms with van der Waals surface area (Å²) in [6, 6.07) is 14.6. The topological polar surface area (TPSA) is 104 Å². The first-order chi connectivity index (χ1) is 15.0. The molecule has 10 heteroatoms. The molecule has 4 rings (SSSR count). The van der Waals surface area contributed by atoms with Crippen molar-refractivity contribution < 1.29 is 14.0 Å². The highest BCUT2D eigenvalue weighted by molar-refractivity contribution is 6.30. The van der Waals surface area contributed by atoms with E-state index in [1.807, 2.05) is 29.2 Å². The fourth-order valence-electron chi connectivity index (χ4n) is 3.24. The molecule has 0 saturated carbocycles. The van der Waals surface area contributed by atoms with Gasteiger partial charge in [-0.15, -0.1) is 5.10 Å². The number of carbonyl (C=O) groups is 2. The third kappa shape index (κ3) is 5.13. The van der Waals surface area contributed by atoms with Gasteiger partial charge in [-0.3, -0.25) is 9.59 Å². The molecule has 160 valence electrons. The predicted molar refractivity (Wildman–Crippen MR) is 118 cm³/mol. The maximum Gasteiger partial charge on any atom is 0.320 e. The Morgan fingerprint density at radius 3 is 2.23 bits per heavy atom. The van der Waals surface area contributed by atoms with Gasteiger partial charge >= 0.3 is 17.8 Å². The number of nitrogens with zero attached hydrogens (tertiary/aromatic N) is 4. The van der Waals surface area contributed by atoms with Crippen LogP contribution in [-0.4, -0.2) is 53.1 Å². The highest BCUT2D eigenvalue weighted by Gasteiger charge is 2.19. The lowest BCUT2D eigenvalue weighted by Gasteiger charge is -2.35. The molecule has 2 amide bonds. The molecule has 2 heterocycles. The smallest absolute Gasteiger partial charge is 0.320 e. The molecule has 2 aromatic carbocycles. The minimum absolute atomic E-state index is 0.102. The number of anilines is 4. The van der Waals surface area contributed by atoms with Gasteiger partial charge in [-0.25, -0.2) is 0 Å². The summed E-state index contributed by atoms with van der Waals surface area (Å²) in [5.41, 5.74) is 2.36. The van der Waals surface area contributed by atoms with Crippen LogP contribution in [0.4, 0.5) is 23.1 Å². The molecule has 0 atom stereocenters. The van der Waals surface area contributed by atoms with Crippen LogP contribution in [0.15, 0.2) is 52.9 Å². The van der Waals surface area contributed by atoms with Crippen molar-refractivity contribution in [2.75, 3.05) is 41.7 Å². The molecule has 9 nitrogen and oxygen atoms in total. The molecule has 1 saturated heterocycles. The van der Waals surface area contributed by atoms with Crippen molar-refractivity contribution >= 4 is 46.5 Å².